The zero-order chi connectivity index (χ0) is 15.4. The first kappa shape index (κ1) is 16.1. The third kappa shape index (κ3) is 4.90. The number of carboxylic acid groups (broad SMARTS) is 1. The van der Waals surface area contributed by atoms with Crippen molar-refractivity contribution in [2.45, 2.75) is 58.4 Å². The lowest BCUT2D eigenvalue weighted by Gasteiger charge is -2.29. The van der Waals surface area contributed by atoms with Crippen LogP contribution >= 0.6 is 0 Å². The van der Waals surface area contributed by atoms with Crippen molar-refractivity contribution in [3.8, 4) is 0 Å². The zero-order valence-electron chi connectivity index (χ0n) is 13.3. The van der Waals surface area contributed by atoms with Gasteiger partial charge in [-0.1, -0.05) is 13.8 Å². The van der Waals surface area contributed by atoms with Gasteiger partial charge < -0.3 is 14.9 Å². The number of nitrogens with zero attached hydrogens (tertiary/aromatic N) is 2. The second kappa shape index (κ2) is 7.14. The number of hydrogen-bond donors (Lipinski definition) is 1. The number of carbonyl (C=O) groups excluding carboxylic acids is 1. The van der Waals surface area contributed by atoms with Gasteiger partial charge >= 0.3 is 12.0 Å². The number of likely N-dealkylation sites (tertiary alicyclic amines) is 1. The van der Waals surface area contributed by atoms with E-state index in [1.54, 1.807) is 0 Å². The van der Waals surface area contributed by atoms with Gasteiger partial charge in [-0.2, -0.15) is 0 Å². The first-order valence-corrected chi connectivity index (χ1v) is 8.24. The molecule has 5 heteroatoms. The van der Waals surface area contributed by atoms with Crippen LogP contribution in [0.4, 0.5) is 4.79 Å². The van der Waals surface area contributed by atoms with E-state index < -0.39 is 5.97 Å². The molecule has 1 saturated heterocycles. The van der Waals surface area contributed by atoms with Crippen molar-refractivity contribution >= 4 is 12.0 Å². The largest absolute Gasteiger partial charge is 0.481 e. The maximum Gasteiger partial charge on any atom is 0.320 e. The average Bonchev–Trinajstić information content (AvgIpc) is 3.14. The van der Waals surface area contributed by atoms with E-state index in [2.05, 4.69) is 18.7 Å². The van der Waals surface area contributed by atoms with Crippen molar-refractivity contribution in [1.29, 1.82) is 0 Å². The Hall–Kier alpha value is -1.26. The predicted octanol–water partition coefficient (Wildman–Crippen LogP) is 2.80. The molecule has 2 fully saturated rings. The van der Waals surface area contributed by atoms with Crippen molar-refractivity contribution in [3.63, 3.8) is 0 Å². The van der Waals surface area contributed by atoms with Crippen molar-refractivity contribution in [1.82, 2.24) is 9.80 Å². The number of carbonyl (C=O) groups is 2. The molecule has 0 radical (unpaired) electrons. The van der Waals surface area contributed by atoms with Gasteiger partial charge in [-0.25, -0.2) is 4.79 Å². The molecule has 21 heavy (non-hydrogen) atoms. The van der Waals surface area contributed by atoms with Crippen LogP contribution in [0.2, 0.25) is 0 Å². The van der Waals surface area contributed by atoms with Crippen LogP contribution in [0.25, 0.3) is 0 Å². The minimum absolute atomic E-state index is 0.177. The maximum absolute atomic E-state index is 12.7. The van der Waals surface area contributed by atoms with Crippen LogP contribution in [0.15, 0.2) is 0 Å². The molecule has 1 aliphatic carbocycles. The van der Waals surface area contributed by atoms with Gasteiger partial charge in [-0.05, 0) is 43.9 Å². The molecule has 0 bridgehead atoms. The van der Waals surface area contributed by atoms with Crippen LogP contribution in [-0.2, 0) is 4.79 Å². The molecule has 0 spiro atoms. The SMILES string of the molecule is CC(C)CCN(C(=O)N1CCC(CCC(=O)O)C1)C1CC1. The molecule has 1 saturated carbocycles. The van der Waals surface area contributed by atoms with Gasteiger partial charge in [-0.15, -0.1) is 0 Å². The lowest BCUT2D eigenvalue weighted by Crippen LogP contribution is -2.44. The van der Waals surface area contributed by atoms with Gasteiger partial charge in [0.15, 0.2) is 0 Å². The van der Waals surface area contributed by atoms with Gasteiger partial charge in [0.05, 0.1) is 0 Å². The molecule has 1 heterocycles. The summed E-state index contributed by atoms with van der Waals surface area (Å²) in [6, 6.07) is 0.630. The smallest absolute Gasteiger partial charge is 0.320 e. The number of rotatable bonds is 7. The van der Waals surface area contributed by atoms with Crippen LogP contribution in [0.5, 0.6) is 0 Å². The Morgan fingerprint density at radius 3 is 2.57 bits per heavy atom. The third-order valence-corrected chi connectivity index (χ3v) is 4.50. The Morgan fingerprint density at radius 1 is 1.29 bits per heavy atom. The van der Waals surface area contributed by atoms with E-state index in [0.29, 0.717) is 24.3 Å². The van der Waals surface area contributed by atoms with E-state index >= 15 is 0 Å². The van der Waals surface area contributed by atoms with Crippen LogP contribution in [-0.4, -0.2) is 52.6 Å². The van der Waals surface area contributed by atoms with Gasteiger partial charge in [0.2, 0.25) is 0 Å². The second-order valence-electron chi connectivity index (χ2n) is 6.92. The van der Waals surface area contributed by atoms with E-state index in [0.717, 1.165) is 45.3 Å². The second-order valence-corrected chi connectivity index (χ2v) is 6.92. The third-order valence-electron chi connectivity index (χ3n) is 4.50. The Kier molecular flexibility index (Phi) is 5.48. The molecule has 0 aromatic heterocycles. The number of urea groups is 1. The van der Waals surface area contributed by atoms with Gasteiger partial charge in [0.1, 0.15) is 0 Å². The minimum atomic E-state index is -0.740. The van der Waals surface area contributed by atoms with Crippen molar-refractivity contribution < 1.29 is 14.7 Å². The summed E-state index contributed by atoms with van der Waals surface area (Å²) in [4.78, 5) is 27.3. The highest BCUT2D eigenvalue weighted by molar-refractivity contribution is 5.75. The molecule has 1 N–H and O–H groups in total. The lowest BCUT2D eigenvalue weighted by molar-refractivity contribution is -0.137. The summed E-state index contributed by atoms with van der Waals surface area (Å²) in [5.41, 5.74) is 0. The standard InChI is InChI=1S/C16H28N2O3/c1-12(2)7-10-18(14-4-5-14)16(21)17-9-8-13(11-17)3-6-15(19)20/h12-14H,3-11H2,1-2H3,(H,19,20). The van der Waals surface area contributed by atoms with E-state index in [1.807, 2.05) is 4.90 Å². The highest BCUT2D eigenvalue weighted by atomic mass is 16.4. The van der Waals surface area contributed by atoms with Gasteiger partial charge in [0, 0.05) is 32.1 Å². The number of hydrogen-bond acceptors (Lipinski definition) is 2. The fraction of sp³-hybridized carbons (Fsp3) is 0.875. The topological polar surface area (TPSA) is 60.9 Å². The fourth-order valence-corrected chi connectivity index (χ4v) is 2.97. The Bertz CT molecular complexity index is 380. The molecule has 2 amide bonds. The Morgan fingerprint density at radius 2 is 2.00 bits per heavy atom. The summed E-state index contributed by atoms with van der Waals surface area (Å²) < 4.78 is 0. The highest BCUT2D eigenvalue weighted by Gasteiger charge is 2.36. The van der Waals surface area contributed by atoms with Crippen molar-refractivity contribution in [2.24, 2.45) is 11.8 Å². The molecule has 120 valence electrons. The van der Waals surface area contributed by atoms with Gasteiger partial charge in [-0.3, -0.25) is 4.79 Å². The monoisotopic (exact) mass is 296 g/mol. The van der Waals surface area contributed by atoms with Gasteiger partial charge in [0.25, 0.3) is 0 Å². The van der Waals surface area contributed by atoms with Crippen molar-refractivity contribution in [2.75, 3.05) is 19.6 Å². The summed E-state index contributed by atoms with van der Waals surface area (Å²) in [6.45, 7) is 6.75. The predicted molar refractivity (Wildman–Crippen MR) is 81.1 cm³/mol. The highest BCUT2D eigenvalue weighted by Crippen LogP contribution is 2.30. The summed E-state index contributed by atoms with van der Waals surface area (Å²) in [7, 11) is 0. The van der Waals surface area contributed by atoms with E-state index in [9.17, 15) is 9.59 Å². The number of carboxylic acids is 1. The molecule has 0 aromatic carbocycles. The lowest BCUT2D eigenvalue weighted by atomic mass is 10.0. The van der Waals surface area contributed by atoms with Crippen LogP contribution in [0.3, 0.4) is 0 Å². The molecule has 1 aliphatic heterocycles. The zero-order valence-corrected chi connectivity index (χ0v) is 13.3. The normalized spacial score (nSPS) is 21.9. The maximum atomic E-state index is 12.7. The molecule has 2 rings (SSSR count). The summed E-state index contributed by atoms with van der Waals surface area (Å²) >= 11 is 0. The molecule has 5 nitrogen and oxygen atoms in total. The van der Waals surface area contributed by atoms with Crippen molar-refractivity contribution in [3.05, 3.63) is 0 Å². The molecule has 2 aliphatic rings. The summed E-state index contributed by atoms with van der Waals surface area (Å²) in [5, 5.41) is 8.75. The fourth-order valence-electron chi connectivity index (χ4n) is 2.97. The van der Waals surface area contributed by atoms with E-state index in [4.69, 9.17) is 5.11 Å². The summed E-state index contributed by atoms with van der Waals surface area (Å²) in [6.07, 6.45) is 5.18. The number of amides is 2. The Balaban J connectivity index is 1.82. The minimum Gasteiger partial charge on any atom is -0.481 e. The van der Waals surface area contributed by atoms with E-state index in [-0.39, 0.29) is 12.5 Å². The van der Waals surface area contributed by atoms with Crippen LogP contribution < -0.4 is 0 Å². The molecule has 1 atom stereocenters. The quantitative estimate of drug-likeness (QED) is 0.786. The molecule has 0 aromatic rings. The van der Waals surface area contributed by atoms with Crippen LogP contribution in [0.1, 0.15) is 52.4 Å². The molecular formula is C16H28N2O3. The molecule has 1 unspecified atom stereocenters. The first-order chi connectivity index (χ1) is 9.97. The van der Waals surface area contributed by atoms with Crippen LogP contribution in [0, 0.1) is 11.8 Å². The Labute approximate surface area is 127 Å². The summed E-state index contributed by atoms with van der Waals surface area (Å²) in [5.74, 6) is 0.230. The van der Waals surface area contributed by atoms with E-state index in [1.165, 1.54) is 0 Å². The number of aliphatic carboxylic acids is 1. The molecular weight excluding hydrogens is 268 g/mol. The first-order valence-electron chi connectivity index (χ1n) is 8.24. The average molecular weight is 296 g/mol.